The third-order valence-electron chi connectivity index (χ3n) is 5.03. The summed E-state index contributed by atoms with van der Waals surface area (Å²) >= 11 is 1.53. The number of benzene rings is 1. The summed E-state index contributed by atoms with van der Waals surface area (Å²) in [5.41, 5.74) is 2.07. The van der Waals surface area contributed by atoms with E-state index >= 15 is 0 Å². The molecule has 1 amide bonds. The SMILES string of the molecule is CCc1cc2c(=O)n(CC(=O)N(C)Cc3ccc4c(c3)C[C@@H](C)O4)cnc2s1. The summed E-state index contributed by atoms with van der Waals surface area (Å²) in [6.45, 7) is 4.58. The van der Waals surface area contributed by atoms with Crippen LogP contribution in [0.3, 0.4) is 0 Å². The fraction of sp³-hybridized carbons (Fsp3) is 0.381. The number of nitrogens with zero attached hydrogens (tertiary/aromatic N) is 3. The second-order valence-electron chi connectivity index (χ2n) is 7.29. The molecule has 146 valence electrons. The highest BCUT2D eigenvalue weighted by atomic mass is 32.1. The van der Waals surface area contributed by atoms with Crippen LogP contribution in [0.2, 0.25) is 0 Å². The van der Waals surface area contributed by atoms with Gasteiger partial charge in [-0.25, -0.2) is 4.98 Å². The maximum Gasteiger partial charge on any atom is 0.262 e. The highest BCUT2D eigenvalue weighted by molar-refractivity contribution is 7.18. The van der Waals surface area contributed by atoms with Crippen molar-refractivity contribution < 1.29 is 9.53 Å². The molecule has 0 aliphatic carbocycles. The van der Waals surface area contributed by atoms with Gasteiger partial charge < -0.3 is 9.64 Å². The van der Waals surface area contributed by atoms with E-state index in [9.17, 15) is 9.59 Å². The fourth-order valence-electron chi connectivity index (χ4n) is 3.50. The van der Waals surface area contributed by atoms with E-state index in [1.807, 2.05) is 25.1 Å². The van der Waals surface area contributed by atoms with Crippen LogP contribution >= 0.6 is 11.3 Å². The number of likely N-dealkylation sites (N-methyl/N-ethyl adjacent to an activating group) is 1. The van der Waals surface area contributed by atoms with Crippen molar-refractivity contribution >= 4 is 27.5 Å². The smallest absolute Gasteiger partial charge is 0.262 e. The quantitative estimate of drug-likeness (QED) is 0.664. The van der Waals surface area contributed by atoms with Gasteiger partial charge in [-0.3, -0.25) is 14.2 Å². The van der Waals surface area contributed by atoms with Crippen LogP contribution in [0.4, 0.5) is 0 Å². The largest absolute Gasteiger partial charge is 0.490 e. The normalized spacial score (nSPS) is 15.5. The first kappa shape index (κ1) is 18.7. The van der Waals surface area contributed by atoms with Gasteiger partial charge in [-0.1, -0.05) is 19.1 Å². The Labute approximate surface area is 167 Å². The van der Waals surface area contributed by atoms with E-state index in [4.69, 9.17) is 4.74 Å². The zero-order chi connectivity index (χ0) is 19.8. The van der Waals surface area contributed by atoms with Gasteiger partial charge in [0, 0.05) is 24.9 Å². The molecule has 1 aliphatic rings. The Morgan fingerprint density at radius 1 is 1.39 bits per heavy atom. The lowest BCUT2D eigenvalue weighted by Gasteiger charge is -2.18. The molecule has 0 radical (unpaired) electrons. The first-order chi connectivity index (χ1) is 13.4. The molecule has 1 aliphatic heterocycles. The summed E-state index contributed by atoms with van der Waals surface area (Å²) in [4.78, 5) is 33.2. The van der Waals surface area contributed by atoms with Crippen molar-refractivity contribution in [3.63, 3.8) is 0 Å². The Morgan fingerprint density at radius 3 is 3.00 bits per heavy atom. The molecule has 0 fully saturated rings. The van der Waals surface area contributed by atoms with E-state index in [0.717, 1.165) is 33.9 Å². The van der Waals surface area contributed by atoms with Crippen LogP contribution in [-0.2, 0) is 30.7 Å². The van der Waals surface area contributed by atoms with E-state index in [1.165, 1.54) is 27.8 Å². The highest BCUT2D eigenvalue weighted by Gasteiger charge is 2.20. The van der Waals surface area contributed by atoms with Gasteiger partial charge in [-0.15, -0.1) is 11.3 Å². The first-order valence-electron chi connectivity index (χ1n) is 9.45. The van der Waals surface area contributed by atoms with E-state index in [2.05, 4.69) is 18.0 Å². The molecule has 0 saturated carbocycles. The second-order valence-corrected chi connectivity index (χ2v) is 8.40. The molecule has 0 N–H and O–H groups in total. The van der Waals surface area contributed by atoms with E-state index in [1.54, 1.807) is 11.9 Å². The Balaban J connectivity index is 1.48. The lowest BCUT2D eigenvalue weighted by Crippen LogP contribution is -2.33. The van der Waals surface area contributed by atoms with Gasteiger partial charge >= 0.3 is 0 Å². The summed E-state index contributed by atoms with van der Waals surface area (Å²) < 4.78 is 7.12. The average Bonchev–Trinajstić information content (AvgIpc) is 3.26. The van der Waals surface area contributed by atoms with Crippen molar-refractivity contribution in [2.75, 3.05) is 7.05 Å². The minimum absolute atomic E-state index is 0.0132. The number of hydrogen-bond donors (Lipinski definition) is 0. The van der Waals surface area contributed by atoms with Gasteiger partial charge in [-0.2, -0.15) is 0 Å². The molecule has 0 spiro atoms. The predicted octanol–water partition coefficient (Wildman–Crippen LogP) is 3.00. The molecule has 3 aromatic rings. The number of fused-ring (bicyclic) bond motifs is 2. The van der Waals surface area contributed by atoms with Gasteiger partial charge in [0.05, 0.1) is 11.7 Å². The van der Waals surface area contributed by atoms with Gasteiger partial charge in [0.1, 0.15) is 23.2 Å². The number of aromatic nitrogens is 2. The number of aryl methyl sites for hydroxylation is 1. The minimum atomic E-state index is -0.161. The number of ether oxygens (including phenoxy) is 1. The van der Waals surface area contributed by atoms with Crippen molar-refractivity contribution in [2.24, 2.45) is 0 Å². The Bertz CT molecular complexity index is 1100. The fourth-order valence-corrected chi connectivity index (χ4v) is 4.42. The number of rotatable bonds is 5. The molecule has 7 heteroatoms. The number of amides is 1. The van der Waals surface area contributed by atoms with E-state index in [0.29, 0.717) is 11.9 Å². The topological polar surface area (TPSA) is 64.4 Å². The molecular weight excluding hydrogens is 374 g/mol. The monoisotopic (exact) mass is 397 g/mol. The van der Waals surface area contributed by atoms with Crippen LogP contribution in [0.5, 0.6) is 5.75 Å². The number of carbonyl (C=O) groups excluding carboxylic acids is 1. The Hall–Kier alpha value is -2.67. The molecule has 3 heterocycles. The summed E-state index contributed by atoms with van der Waals surface area (Å²) in [5.74, 6) is 0.803. The van der Waals surface area contributed by atoms with Crippen molar-refractivity contribution in [1.82, 2.24) is 14.5 Å². The van der Waals surface area contributed by atoms with Gasteiger partial charge in [-0.05, 0) is 36.6 Å². The third-order valence-corrected chi connectivity index (χ3v) is 6.22. The van der Waals surface area contributed by atoms with Crippen LogP contribution < -0.4 is 10.3 Å². The van der Waals surface area contributed by atoms with Crippen molar-refractivity contribution in [2.45, 2.75) is 45.9 Å². The third kappa shape index (κ3) is 3.54. The molecular formula is C21H23N3O3S. The highest BCUT2D eigenvalue weighted by Crippen LogP contribution is 2.29. The lowest BCUT2D eigenvalue weighted by molar-refractivity contribution is -0.131. The predicted molar refractivity (Wildman–Crippen MR) is 110 cm³/mol. The first-order valence-corrected chi connectivity index (χ1v) is 10.3. The number of thiophene rings is 1. The van der Waals surface area contributed by atoms with E-state index in [-0.39, 0.29) is 24.1 Å². The summed E-state index contributed by atoms with van der Waals surface area (Å²) in [6, 6.07) is 7.93. The molecule has 2 aromatic heterocycles. The van der Waals surface area contributed by atoms with Crippen LogP contribution in [0.15, 0.2) is 35.4 Å². The van der Waals surface area contributed by atoms with E-state index < -0.39 is 0 Å². The maximum atomic E-state index is 12.7. The van der Waals surface area contributed by atoms with Crippen LogP contribution in [-0.4, -0.2) is 33.5 Å². The number of carbonyl (C=O) groups is 1. The van der Waals surface area contributed by atoms with Crippen molar-refractivity contribution in [3.05, 3.63) is 57.0 Å². The maximum absolute atomic E-state index is 12.7. The van der Waals surface area contributed by atoms with Crippen molar-refractivity contribution in [3.8, 4) is 5.75 Å². The molecule has 0 bridgehead atoms. The zero-order valence-electron chi connectivity index (χ0n) is 16.3. The lowest BCUT2D eigenvalue weighted by atomic mass is 10.1. The second kappa shape index (κ2) is 7.39. The molecule has 1 aromatic carbocycles. The Kier molecular flexibility index (Phi) is 4.93. The standard InChI is InChI=1S/C21H23N3O3S/c1-4-16-9-17-20(28-16)22-12-24(21(17)26)11-19(25)23(3)10-14-5-6-18-15(8-14)7-13(2)27-18/h5-6,8-9,12-13H,4,7,10-11H2,1-3H3/t13-/m1/s1. The number of hydrogen-bond acceptors (Lipinski definition) is 5. The summed E-state index contributed by atoms with van der Waals surface area (Å²) in [6.07, 6.45) is 3.43. The molecule has 28 heavy (non-hydrogen) atoms. The zero-order valence-corrected chi connectivity index (χ0v) is 17.1. The Morgan fingerprint density at radius 2 is 2.21 bits per heavy atom. The van der Waals surface area contributed by atoms with Crippen LogP contribution in [0.1, 0.15) is 29.9 Å². The molecule has 0 unspecified atom stereocenters. The molecule has 4 rings (SSSR count). The van der Waals surface area contributed by atoms with Gasteiger partial charge in [0.15, 0.2) is 0 Å². The summed E-state index contributed by atoms with van der Waals surface area (Å²) in [7, 11) is 1.76. The van der Waals surface area contributed by atoms with Crippen LogP contribution in [0.25, 0.3) is 10.2 Å². The minimum Gasteiger partial charge on any atom is -0.490 e. The van der Waals surface area contributed by atoms with Gasteiger partial charge in [0.2, 0.25) is 5.91 Å². The summed E-state index contributed by atoms with van der Waals surface area (Å²) in [5, 5.41) is 0.590. The average molecular weight is 398 g/mol. The molecule has 6 nitrogen and oxygen atoms in total. The molecule has 1 atom stereocenters. The van der Waals surface area contributed by atoms with Crippen molar-refractivity contribution in [1.29, 1.82) is 0 Å². The van der Waals surface area contributed by atoms with Crippen LogP contribution in [0, 0.1) is 0 Å². The van der Waals surface area contributed by atoms with Gasteiger partial charge in [0.25, 0.3) is 5.56 Å². The molecule has 0 saturated heterocycles.